The highest BCUT2D eigenvalue weighted by Crippen LogP contribution is 2.30. The zero-order chi connectivity index (χ0) is 18.1. The van der Waals surface area contributed by atoms with E-state index in [9.17, 15) is 0 Å². The first-order chi connectivity index (χ1) is 12.5. The molecule has 2 aliphatic rings. The predicted octanol–water partition coefficient (Wildman–Crippen LogP) is 3.48. The van der Waals surface area contributed by atoms with E-state index in [2.05, 4.69) is 45.4 Å². The van der Waals surface area contributed by atoms with Crippen LogP contribution in [0.15, 0.2) is 12.3 Å². The van der Waals surface area contributed by atoms with Crippen LogP contribution in [0.2, 0.25) is 0 Å². The number of hydrogen-bond acceptors (Lipinski definition) is 5. The van der Waals surface area contributed by atoms with Crippen molar-refractivity contribution in [3.63, 3.8) is 0 Å². The van der Waals surface area contributed by atoms with Gasteiger partial charge in [0.25, 0.3) is 0 Å². The van der Waals surface area contributed by atoms with Crippen molar-refractivity contribution in [1.29, 1.82) is 0 Å². The summed E-state index contributed by atoms with van der Waals surface area (Å²) in [6, 6.07) is 2.04. The van der Waals surface area contributed by atoms with Crippen molar-refractivity contribution in [3.8, 4) is 0 Å². The van der Waals surface area contributed by atoms with Crippen LogP contribution >= 0.6 is 0 Å². The van der Waals surface area contributed by atoms with Crippen molar-refractivity contribution < 1.29 is 0 Å². The Balaban J connectivity index is 1.56. The summed E-state index contributed by atoms with van der Waals surface area (Å²) in [5.74, 6) is 4.78. The lowest BCUT2D eigenvalue weighted by atomic mass is 9.95. The maximum absolute atomic E-state index is 4.86. The molecule has 0 spiro atoms. The minimum Gasteiger partial charge on any atom is -0.356 e. The van der Waals surface area contributed by atoms with Crippen molar-refractivity contribution in [2.75, 3.05) is 18.0 Å². The zero-order valence-electron chi connectivity index (χ0n) is 16.3. The van der Waals surface area contributed by atoms with Gasteiger partial charge in [0.2, 0.25) is 0 Å². The van der Waals surface area contributed by atoms with Crippen LogP contribution < -0.4 is 4.90 Å². The molecular weight excluding hydrogens is 324 g/mol. The number of aromatic nitrogens is 5. The molecule has 4 heterocycles. The van der Waals surface area contributed by atoms with E-state index < -0.39 is 0 Å². The lowest BCUT2D eigenvalue weighted by Crippen LogP contribution is -2.36. The van der Waals surface area contributed by atoms with Gasteiger partial charge in [0, 0.05) is 43.6 Å². The van der Waals surface area contributed by atoms with E-state index in [0.29, 0.717) is 5.92 Å². The molecule has 0 aromatic carbocycles. The highest BCUT2D eigenvalue weighted by molar-refractivity contribution is 5.39. The fourth-order valence-corrected chi connectivity index (χ4v) is 4.09. The third-order valence-corrected chi connectivity index (χ3v) is 5.56. The quantitative estimate of drug-likeness (QED) is 0.826. The van der Waals surface area contributed by atoms with Gasteiger partial charge in [-0.1, -0.05) is 27.2 Å². The van der Waals surface area contributed by atoms with E-state index in [-0.39, 0.29) is 5.41 Å². The third-order valence-electron chi connectivity index (χ3n) is 5.56. The van der Waals surface area contributed by atoms with Crippen molar-refractivity contribution in [1.82, 2.24) is 24.7 Å². The number of hydrogen-bond donors (Lipinski definition) is 0. The molecule has 0 saturated carbocycles. The Morgan fingerprint density at radius 3 is 2.77 bits per heavy atom. The monoisotopic (exact) mass is 354 g/mol. The molecule has 1 fully saturated rings. The molecule has 0 unspecified atom stereocenters. The first-order valence-electron chi connectivity index (χ1n) is 10.0. The van der Waals surface area contributed by atoms with Crippen LogP contribution in [0.5, 0.6) is 0 Å². The number of nitrogens with zero attached hydrogens (tertiary/aromatic N) is 6. The Labute approximate surface area is 156 Å². The largest absolute Gasteiger partial charge is 0.356 e. The molecule has 6 nitrogen and oxygen atoms in total. The number of anilines is 1. The first-order valence-corrected chi connectivity index (χ1v) is 10.0. The summed E-state index contributed by atoms with van der Waals surface area (Å²) < 4.78 is 2.40. The summed E-state index contributed by atoms with van der Waals surface area (Å²) in [4.78, 5) is 11.7. The molecule has 6 heteroatoms. The van der Waals surface area contributed by atoms with Crippen molar-refractivity contribution in [3.05, 3.63) is 29.7 Å². The fraction of sp³-hybridized carbons (Fsp3) is 0.700. The Hall–Kier alpha value is -1.98. The lowest BCUT2D eigenvalue weighted by molar-refractivity contribution is 0.461. The average molecular weight is 355 g/mol. The third kappa shape index (κ3) is 3.46. The first kappa shape index (κ1) is 17.4. The number of fused-ring (bicyclic) bond motifs is 1. The molecule has 0 amide bonds. The van der Waals surface area contributed by atoms with Crippen molar-refractivity contribution in [2.45, 2.75) is 77.2 Å². The summed E-state index contributed by atoms with van der Waals surface area (Å²) >= 11 is 0. The Kier molecular flexibility index (Phi) is 4.67. The second-order valence-electron chi connectivity index (χ2n) is 8.71. The van der Waals surface area contributed by atoms with Crippen LogP contribution in [0.4, 0.5) is 5.82 Å². The predicted molar refractivity (Wildman–Crippen MR) is 102 cm³/mol. The van der Waals surface area contributed by atoms with Crippen LogP contribution in [0.25, 0.3) is 0 Å². The van der Waals surface area contributed by atoms with Gasteiger partial charge in [0.15, 0.2) is 0 Å². The van der Waals surface area contributed by atoms with Crippen molar-refractivity contribution >= 4 is 5.82 Å². The summed E-state index contributed by atoms with van der Waals surface area (Å²) in [5.41, 5.74) is -0.0322. The number of rotatable bonds is 2. The summed E-state index contributed by atoms with van der Waals surface area (Å²) in [7, 11) is 0. The van der Waals surface area contributed by atoms with Crippen LogP contribution in [-0.4, -0.2) is 37.8 Å². The van der Waals surface area contributed by atoms with Gasteiger partial charge in [-0.3, -0.25) is 0 Å². The SMILES string of the molecule is CC(C)(C)c1nccc(N2CCC[C@H](c3nnc4n3CCCCC4)C2)n1. The van der Waals surface area contributed by atoms with Crippen LogP contribution in [0.3, 0.4) is 0 Å². The summed E-state index contributed by atoms with van der Waals surface area (Å²) in [6.07, 6.45) is 9.12. The fourth-order valence-electron chi connectivity index (χ4n) is 4.09. The van der Waals surface area contributed by atoms with Gasteiger partial charge >= 0.3 is 0 Å². The van der Waals surface area contributed by atoms with Gasteiger partial charge in [-0.15, -0.1) is 10.2 Å². The van der Waals surface area contributed by atoms with E-state index in [1.54, 1.807) is 0 Å². The molecule has 2 aliphatic heterocycles. The maximum Gasteiger partial charge on any atom is 0.137 e. The molecule has 1 atom stereocenters. The summed E-state index contributed by atoms with van der Waals surface area (Å²) in [6.45, 7) is 9.59. The zero-order valence-corrected chi connectivity index (χ0v) is 16.3. The Bertz CT molecular complexity index is 760. The Morgan fingerprint density at radius 2 is 1.92 bits per heavy atom. The van der Waals surface area contributed by atoms with Gasteiger partial charge < -0.3 is 9.47 Å². The minimum atomic E-state index is -0.0322. The van der Waals surface area contributed by atoms with E-state index in [0.717, 1.165) is 37.7 Å². The molecule has 0 N–H and O–H groups in total. The Morgan fingerprint density at radius 1 is 1.04 bits per heavy atom. The van der Waals surface area contributed by atoms with Crippen LogP contribution in [0.1, 0.15) is 76.3 Å². The highest BCUT2D eigenvalue weighted by Gasteiger charge is 2.28. The standard InChI is InChI=1S/C20H30N6/c1-20(2,3)19-21-11-10-16(22-19)25-12-7-8-15(14-25)18-24-23-17-9-5-4-6-13-26(17)18/h10-11,15H,4-9,12-14H2,1-3H3/t15-/m0/s1. The van der Waals surface area contributed by atoms with E-state index >= 15 is 0 Å². The molecule has 26 heavy (non-hydrogen) atoms. The second kappa shape index (κ2) is 6.97. The molecule has 140 valence electrons. The summed E-state index contributed by atoms with van der Waals surface area (Å²) in [5, 5.41) is 9.11. The van der Waals surface area contributed by atoms with Gasteiger partial charge in [-0.2, -0.15) is 0 Å². The smallest absolute Gasteiger partial charge is 0.137 e. The molecule has 0 aliphatic carbocycles. The molecule has 2 aromatic rings. The van der Waals surface area contributed by atoms with Crippen LogP contribution in [-0.2, 0) is 18.4 Å². The average Bonchev–Trinajstić information content (AvgIpc) is 2.90. The highest BCUT2D eigenvalue weighted by atomic mass is 15.3. The number of piperidine rings is 1. The van der Waals surface area contributed by atoms with Gasteiger partial charge in [-0.05, 0) is 31.7 Å². The van der Waals surface area contributed by atoms with E-state index in [1.165, 1.54) is 43.8 Å². The molecular formula is C20H30N6. The molecule has 0 bridgehead atoms. The molecule has 0 radical (unpaired) electrons. The van der Waals surface area contributed by atoms with Gasteiger partial charge in [0.05, 0.1) is 0 Å². The molecule has 2 aromatic heterocycles. The molecule has 4 rings (SSSR count). The normalized spacial score (nSPS) is 21.3. The van der Waals surface area contributed by atoms with Crippen molar-refractivity contribution in [2.24, 2.45) is 0 Å². The lowest BCUT2D eigenvalue weighted by Gasteiger charge is -2.33. The van der Waals surface area contributed by atoms with Gasteiger partial charge in [0.1, 0.15) is 23.3 Å². The van der Waals surface area contributed by atoms with Gasteiger partial charge in [-0.25, -0.2) is 9.97 Å². The van der Waals surface area contributed by atoms with E-state index in [4.69, 9.17) is 4.98 Å². The minimum absolute atomic E-state index is 0.0322. The number of aryl methyl sites for hydroxylation is 1. The second-order valence-corrected chi connectivity index (χ2v) is 8.71. The van der Waals surface area contributed by atoms with E-state index in [1.807, 2.05) is 12.3 Å². The molecule has 1 saturated heterocycles. The van der Waals surface area contributed by atoms with Crippen LogP contribution in [0, 0.1) is 0 Å². The topological polar surface area (TPSA) is 59.7 Å². The maximum atomic E-state index is 4.86.